The number of hydrogen-bond acceptors (Lipinski definition) is 4. The second kappa shape index (κ2) is 4.83. The predicted molar refractivity (Wildman–Crippen MR) is 95.7 cm³/mol. The van der Waals surface area contributed by atoms with E-state index in [-0.39, 0.29) is 0 Å². The summed E-state index contributed by atoms with van der Waals surface area (Å²) in [5, 5.41) is 3.50. The number of hydrogen-bond donors (Lipinski definition) is 0. The molecule has 2 aromatic carbocycles. The van der Waals surface area contributed by atoms with Crippen molar-refractivity contribution in [2.75, 3.05) is 0 Å². The van der Waals surface area contributed by atoms with Crippen molar-refractivity contribution >= 4 is 42.5 Å². The van der Waals surface area contributed by atoms with Crippen LogP contribution in [-0.2, 0) is 0 Å². The van der Waals surface area contributed by atoms with Gasteiger partial charge in [0.15, 0.2) is 0 Å². The second-order valence-corrected chi connectivity index (χ2v) is 6.42. The van der Waals surface area contributed by atoms with E-state index in [9.17, 15) is 0 Å². The molecule has 5 rings (SSSR count). The summed E-state index contributed by atoms with van der Waals surface area (Å²) in [6, 6.07) is 20.7. The quantitative estimate of drug-likeness (QED) is 0.434. The molecule has 3 nitrogen and oxygen atoms in total. The number of benzene rings is 2. The molecule has 0 N–H and O–H groups in total. The summed E-state index contributed by atoms with van der Waals surface area (Å²) < 4.78 is 1.26. The van der Waals surface area contributed by atoms with Crippen molar-refractivity contribution in [1.82, 2.24) is 15.0 Å². The molecule has 0 fully saturated rings. The molecule has 0 unspecified atom stereocenters. The lowest BCUT2D eigenvalue weighted by molar-refractivity contribution is 1.21. The van der Waals surface area contributed by atoms with Crippen LogP contribution in [0.25, 0.3) is 42.6 Å². The highest BCUT2D eigenvalue weighted by Crippen LogP contribution is 2.34. The molecule has 0 saturated carbocycles. The molecule has 0 aliphatic carbocycles. The number of nitrogens with zero attached hydrogens (tertiary/aromatic N) is 3. The predicted octanol–water partition coefficient (Wildman–Crippen LogP) is 5.06. The van der Waals surface area contributed by atoms with E-state index in [2.05, 4.69) is 46.4 Å². The monoisotopic (exact) mass is 313 g/mol. The number of thiophene rings is 1. The molecular formula is C19H11N3S. The Bertz CT molecular complexity index is 1170. The van der Waals surface area contributed by atoms with Gasteiger partial charge in [0.05, 0.1) is 16.9 Å². The van der Waals surface area contributed by atoms with E-state index in [1.54, 1.807) is 17.7 Å². The molecular weight excluding hydrogens is 302 g/mol. The molecule has 3 aromatic heterocycles. The lowest BCUT2D eigenvalue weighted by Crippen LogP contribution is -1.90. The van der Waals surface area contributed by atoms with Gasteiger partial charge in [-0.1, -0.05) is 36.4 Å². The van der Waals surface area contributed by atoms with E-state index >= 15 is 0 Å². The second-order valence-electron chi connectivity index (χ2n) is 5.39. The lowest BCUT2D eigenvalue weighted by Gasteiger charge is -2.04. The molecule has 0 aliphatic rings. The van der Waals surface area contributed by atoms with Crippen molar-refractivity contribution in [2.45, 2.75) is 0 Å². The van der Waals surface area contributed by atoms with Crippen molar-refractivity contribution in [2.24, 2.45) is 0 Å². The number of para-hydroxylation sites is 1. The van der Waals surface area contributed by atoms with Gasteiger partial charge in [-0.15, -0.1) is 11.3 Å². The zero-order chi connectivity index (χ0) is 15.2. The maximum atomic E-state index is 4.86. The van der Waals surface area contributed by atoms with Gasteiger partial charge in [-0.3, -0.25) is 0 Å². The summed E-state index contributed by atoms with van der Waals surface area (Å²) in [5.74, 6) is 0. The Hall–Kier alpha value is -2.85. The molecule has 23 heavy (non-hydrogen) atoms. The third kappa shape index (κ3) is 1.92. The van der Waals surface area contributed by atoms with Crippen molar-refractivity contribution in [3.05, 3.63) is 67.0 Å². The first-order valence-electron chi connectivity index (χ1n) is 7.38. The summed E-state index contributed by atoms with van der Waals surface area (Å²) in [7, 11) is 0. The molecule has 108 valence electrons. The molecule has 0 amide bonds. The summed E-state index contributed by atoms with van der Waals surface area (Å²) >= 11 is 1.72. The summed E-state index contributed by atoms with van der Waals surface area (Å²) in [5.41, 5.74) is 2.72. The number of fused-ring (bicyclic) bond motifs is 4. The number of rotatable bonds is 1. The molecule has 5 aromatic rings. The van der Waals surface area contributed by atoms with Crippen LogP contribution >= 0.6 is 11.3 Å². The van der Waals surface area contributed by atoms with Crippen molar-refractivity contribution in [3.8, 4) is 11.4 Å². The lowest BCUT2D eigenvalue weighted by atomic mass is 10.1. The minimum absolute atomic E-state index is 0.884. The van der Waals surface area contributed by atoms with Gasteiger partial charge in [-0.25, -0.2) is 15.0 Å². The fraction of sp³-hybridized carbons (Fsp3) is 0. The fourth-order valence-corrected chi connectivity index (χ4v) is 4.02. The molecule has 0 atom stereocenters. The van der Waals surface area contributed by atoms with Crippen LogP contribution in [0.4, 0.5) is 0 Å². The van der Waals surface area contributed by atoms with Gasteiger partial charge in [0, 0.05) is 20.9 Å². The molecule has 0 radical (unpaired) electrons. The summed E-state index contributed by atoms with van der Waals surface area (Å²) in [4.78, 5) is 14.7. The standard InChI is InChI=1S/C19H11N3S/c1-3-7-15-14(6-1)18(21-11-20-15)16-10-9-13-12-5-2-4-8-17(12)23-19(13)22-16/h1-11H. The van der Waals surface area contributed by atoms with Gasteiger partial charge in [-0.2, -0.15) is 0 Å². The van der Waals surface area contributed by atoms with Gasteiger partial charge in [0.1, 0.15) is 11.2 Å². The first kappa shape index (κ1) is 12.7. The smallest absolute Gasteiger partial charge is 0.125 e. The molecule has 0 aliphatic heterocycles. The van der Waals surface area contributed by atoms with Crippen LogP contribution in [0.3, 0.4) is 0 Å². The number of aromatic nitrogens is 3. The Morgan fingerprint density at radius 2 is 1.52 bits per heavy atom. The highest BCUT2D eigenvalue weighted by atomic mass is 32.1. The summed E-state index contributed by atoms with van der Waals surface area (Å²) in [6.45, 7) is 0. The maximum absolute atomic E-state index is 4.86. The first-order valence-corrected chi connectivity index (χ1v) is 8.20. The SMILES string of the molecule is c1ccc2c(-c3ccc4c(n3)sc3ccccc34)ncnc2c1. The van der Waals surface area contributed by atoms with Crippen LogP contribution < -0.4 is 0 Å². The van der Waals surface area contributed by atoms with Crippen LogP contribution in [0.15, 0.2) is 67.0 Å². The van der Waals surface area contributed by atoms with Crippen molar-refractivity contribution in [1.29, 1.82) is 0 Å². The van der Waals surface area contributed by atoms with Crippen LogP contribution in [0.1, 0.15) is 0 Å². The zero-order valence-corrected chi connectivity index (χ0v) is 12.9. The fourth-order valence-electron chi connectivity index (χ4n) is 2.95. The highest BCUT2D eigenvalue weighted by molar-refractivity contribution is 7.25. The van der Waals surface area contributed by atoms with E-state index in [0.29, 0.717) is 0 Å². The zero-order valence-electron chi connectivity index (χ0n) is 12.1. The van der Waals surface area contributed by atoms with E-state index in [1.807, 2.05) is 24.3 Å². The third-order valence-corrected chi connectivity index (χ3v) is 5.11. The Morgan fingerprint density at radius 3 is 2.48 bits per heavy atom. The number of pyridine rings is 1. The molecule has 4 heteroatoms. The molecule has 0 saturated heterocycles. The summed E-state index contributed by atoms with van der Waals surface area (Å²) in [6.07, 6.45) is 1.61. The molecule has 0 spiro atoms. The van der Waals surface area contributed by atoms with Gasteiger partial charge in [0.25, 0.3) is 0 Å². The van der Waals surface area contributed by atoms with Gasteiger partial charge in [-0.05, 0) is 24.3 Å². The van der Waals surface area contributed by atoms with Gasteiger partial charge < -0.3 is 0 Å². The van der Waals surface area contributed by atoms with E-state index in [1.165, 1.54) is 15.5 Å². The van der Waals surface area contributed by atoms with Crippen molar-refractivity contribution < 1.29 is 0 Å². The Labute approximate surface area is 136 Å². The Kier molecular flexibility index (Phi) is 2.66. The van der Waals surface area contributed by atoms with Crippen LogP contribution in [-0.4, -0.2) is 15.0 Å². The van der Waals surface area contributed by atoms with Crippen LogP contribution in [0.2, 0.25) is 0 Å². The minimum Gasteiger partial charge on any atom is -0.236 e. The molecule has 3 heterocycles. The highest BCUT2D eigenvalue weighted by Gasteiger charge is 2.11. The van der Waals surface area contributed by atoms with Crippen molar-refractivity contribution in [3.63, 3.8) is 0 Å². The third-order valence-electron chi connectivity index (χ3n) is 4.03. The molecule has 0 bridgehead atoms. The normalized spacial score (nSPS) is 11.5. The Morgan fingerprint density at radius 1 is 0.696 bits per heavy atom. The largest absolute Gasteiger partial charge is 0.236 e. The topological polar surface area (TPSA) is 38.7 Å². The van der Waals surface area contributed by atoms with E-state index in [4.69, 9.17) is 4.98 Å². The van der Waals surface area contributed by atoms with E-state index in [0.717, 1.165) is 27.1 Å². The van der Waals surface area contributed by atoms with Gasteiger partial charge >= 0.3 is 0 Å². The minimum atomic E-state index is 0.884. The van der Waals surface area contributed by atoms with E-state index < -0.39 is 0 Å². The van der Waals surface area contributed by atoms with Crippen LogP contribution in [0, 0.1) is 0 Å². The van der Waals surface area contributed by atoms with Gasteiger partial charge in [0.2, 0.25) is 0 Å². The average Bonchev–Trinajstić information content (AvgIpc) is 2.99. The average molecular weight is 313 g/mol. The first-order chi connectivity index (χ1) is 11.4. The van der Waals surface area contributed by atoms with Crippen LogP contribution in [0.5, 0.6) is 0 Å². The Balaban J connectivity index is 1.81. The maximum Gasteiger partial charge on any atom is 0.125 e.